The van der Waals surface area contributed by atoms with E-state index in [2.05, 4.69) is 13.8 Å². The highest BCUT2D eigenvalue weighted by atomic mass is 35.5. The summed E-state index contributed by atoms with van der Waals surface area (Å²) in [6.07, 6.45) is 17.2. The Bertz CT molecular complexity index is 345. The second-order valence-corrected chi connectivity index (χ2v) is 8.06. The molecular formula is C21H38Cl2O2. The monoisotopic (exact) mass is 392 g/mol. The fourth-order valence-electron chi connectivity index (χ4n) is 3.63. The van der Waals surface area contributed by atoms with Crippen molar-refractivity contribution in [3.05, 3.63) is 0 Å². The van der Waals surface area contributed by atoms with Gasteiger partial charge >= 0.3 is 0 Å². The summed E-state index contributed by atoms with van der Waals surface area (Å²) >= 11 is 11.0. The first-order chi connectivity index (χ1) is 12.0. The van der Waals surface area contributed by atoms with E-state index in [-0.39, 0.29) is 16.4 Å². The number of unbranched alkanes of at least 4 members (excludes halogenated alkanes) is 10. The van der Waals surface area contributed by atoms with E-state index < -0.39 is 0 Å². The standard InChI is InChI=1S/C21H38Cl2O2/c1-3-18(19(4-2)21(23)25)16-14-12-10-8-6-5-7-9-11-13-15-17-20(22)24/h18-19H,3-17H2,1-2H3. The number of halogens is 2. The maximum Gasteiger partial charge on any atom is 0.224 e. The molecule has 4 heteroatoms. The Hall–Kier alpha value is -0.0800. The molecule has 0 saturated heterocycles. The molecule has 2 unspecified atom stereocenters. The van der Waals surface area contributed by atoms with Crippen LogP contribution in [0.5, 0.6) is 0 Å². The minimum Gasteiger partial charge on any atom is -0.281 e. The molecule has 0 aromatic heterocycles. The Kier molecular flexibility index (Phi) is 17.3. The second-order valence-electron chi connectivity index (χ2n) is 7.27. The Morgan fingerprint density at radius 1 is 0.680 bits per heavy atom. The highest BCUT2D eigenvalue weighted by molar-refractivity contribution is 6.64. The third kappa shape index (κ3) is 14.7. The van der Waals surface area contributed by atoms with E-state index in [1.807, 2.05) is 0 Å². The molecule has 0 aromatic carbocycles. The summed E-state index contributed by atoms with van der Waals surface area (Å²) in [5.74, 6) is 0.512. The van der Waals surface area contributed by atoms with Crippen molar-refractivity contribution in [2.75, 3.05) is 0 Å². The predicted molar refractivity (Wildman–Crippen MR) is 109 cm³/mol. The van der Waals surface area contributed by atoms with Gasteiger partial charge in [0.1, 0.15) is 0 Å². The lowest BCUT2D eigenvalue weighted by molar-refractivity contribution is -0.117. The normalized spacial score (nSPS) is 13.6. The molecule has 148 valence electrons. The van der Waals surface area contributed by atoms with Crippen LogP contribution in [0, 0.1) is 11.8 Å². The first-order valence-electron chi connectivity index (χ1n) is 10.4. The molecule has 0 rings (SSSR count). The van der Waals surface area contributed by atoms with Crippen LogP contribution >= 0.6 is 23.2 Å². The van der Waals surface area contributed by atoms with Gasteiger partial charge in [-0.05, 0) is 48.4 Å². The van der Waals surface area contributed by atoms with Crippen molar-refractivity contribution in [1.82, 2.24) is 0 Å². The van der Waals surface area contributed by atoms with Crippen molar-refractivity contribution >= 4 is 33.7 Å². The predicted octanol–water partition coefficient (Wildman–Crippen LogP) is 7.64. The summed E-state index contributed by atoms with van der Waals surface area (Å²) in [6.45, 7) is 4.23. The Morgan fingerprint density at radius 3 is 1.48 bits per heavy atom. The van der Waals surface area contributed by atoms with Gasteiger partial charge in [0, 0.05) is 12.3 Å². The molecule has 0 spiro atoms. The quantitative estimate of drug-likeness (QED) is 0.177. The van der Waals surface area contributed by atoms with Crippen LogP contribution in [0.15, 0.2) is 0 Å². The molecule has 0 amide bonds. The van der Waals surface area contributed by atoms with Gasteiger partial charge < -0.3 is 0 Å². The summed E-state index contributed by atoms with van der Waals surface area (Å²) in [5.41, 5.74) is 0. The fraction of sp³-hybridized carbons (Fsp3) is 0.905. The van der Waals surface area contributed by atoms with Crippen LogP contribution in [0.1, 0.15) is 110 Å². The third-order valence-corrected chi connectivity index (χ3v) is 5.74. The largest absolute Gasteiger partial charge is 0.281 e. The van der Waals surface area contributed by atoms with Crippen molar-refractivity contribution in [1.29, 1.82) is 0 Å². The minimum absolute atomic E-state index is 0.0502. The van der Waals surface area contributed by atoms with E-state index in [4.69, 9.17) is 23.2 Å². The number of carbonyl (C=O) groups is 2. The molecule has 0 aromatic rings. The van der Waals surface area contributed by atoms with Crippen molar-refractivity contribution < 1.29 is 9.59 Å². The molecule has 0 saturated carbocycles. The van der Waals surface area contributed by atoms with Gasteiger partial charge in [-0.1, -0.05) is 84.5 Å². The first kappa shape index (κ1) is 24.9. The van der Waals surface area contributed by atoms with Crippen molar-refractivity contribution in [3.8, 4) is 0 Å². The second kappa shape index (κ2) is 17.3. The molecule has 0 aliphatic heterocycles. The smallest absolute Gasteiger partial charge is 0.224 e. The van der Waals surface area contributed by atoms with Gasteiger partial charge in [0.2, 0.25) is 10.5 Å². The van der Waals surface area contributed by atoms with Gasteiger partial charge in [0.25, 0.3) is 0 Å². The Morgan fingerprint density at radius 2 is 1.12 bits per heavy atom. The Labute approximate surface area is 165 Å². The van der Waals surface area contributed by atoms with Crippen LogP contribution in [-0.2, 0) is 9.59 Å². The molecule has 0 fully saturated rings. The molecular weight excluding hydrogens is 355 g/mol. The topological polar surface area (TPSA) is 34.1 Å². The molecule has 0 heterocycles. The van der Waals surface area contributed by atoms with Crippen molar-refractivity contribution in [3.63, 3.8) is 0 Å². The zero-order valence-corrected chi connectivity index (χ0v) is 17.8. The van der Waals surface area contributed by atoms with Gasteiger partial charge in [-0.25, -0.2) is 0 Å². The van der Waals surface area contributed by atoms with Gasteiger partial charge in [0.15, 0.2) is 0 Å². The molecule has 0 aliphatic carbocycles. The van der Waals surface area contributed by atoms with E-state index in [1.54, 1.807) is 0 Å². The average Bonchev–Trinajstić information content (AvgIpc) is 2.57. The van der Waals surface area contributed by atoms with Crippen molar-refractivity contribution in [2.24, 2.45) is 11.8 Å². The molecule has 0 aliphatic rings. The molecule has 0 radical (unpaired) electrons. The number of carbonyl (C=O) groups excluding carboxylic acids is 2. The molecule has 0 bridgehead atoms. The van der Waals surface area contributed by atoms with E-state index in [0.717, 1.165) is 32.1 Å². The SMILES string of the molecule is CCC(CCCCCCCCCCCCCC(=O)Cl)C(CC)C(=O)Cl. The summed E-state index contributed by atoms with van der Waals surface area (Å²) in [5, 5.41) is -0.353. The van der Waals surface area contributed by atoms with Gasteiger partial charge in [0.05, 0.1) is 0 Å². The maximum absolute atomic E-state index is 11.5. The van der Waals surface area contributed by atoms with Gasteiger partial charge in [-0.3, -0.25) is 9.59 Å². The number of rotatable bonds is 18. The van der Waals surface area contributed by atoms with Gasteiger partial charge in [-0.2, -0.15) is 0 Å². The first-order valence-corrected chi connectivity index (χ1v) is 11.2. The number of hydrogen-bond acceptors (Lipinski definition) is 2. The summed E-state index contributed by atoms with van der Waals surface area (Å²) in [7, 11) is 0. The van der Waals surface area contributed by atoms with E-state index in [9.17, 15) is 9.59 Å². The van der Waals surface area contributed by atoms with Crippen LogP contribution in [0.3, 0.4) is 0 Å². The lowest BCUT2D eigenvalue weighted by Gasteiger charge is -2.21. The molecule has 25 heavy (non-hydrogen) atoms. The average molecular weight is 393 g/mol. The van der Waals surface area contributed by atoms with E-state index in [1.165, 1.54) is 57.8 Å². The summed E-state index contributed by atoms with van der Waals surface area (Å²) in [4.78, 5) is 22.1. The highest BCUT2D eigenvalue weighted by Crippen LogP contribution is 2.27. The van der Waals surface area contributed by atoms with Crippen LogP contribution in [-0.4, -0.2) is 10.5 Å². The zero-order valence-electron chi connectivity index (χ0n) is 16.3. The summed E-state index contributed by atoms with van der Waals surface area (Å²) < 4.78 is 0. The lowest BCUT2D eigenvalue weighted by atomic mass is 9.84. The zero-order chi connectivity index (χ0) is 18.9. The minimum atomic E-state index is -0.204. The van der Waals surface area contributed by atoms with Crippen LogP contribution < -0.4 is 0 Å². The molecule has 2 atom stereocenters. The Balaban J connectivity index is 3.43. The lowest BCUT2D eigenvalue weighted by Crippen LogP contribution is -2.19. The van der Waals surface area contributed by atoms with Crippen LogP contribution in [0.4, 0.5) is 0 Å². The maximum atomic E-state index is 11.5. The highest BCUT2D eigenvalue weighted by Gasteiger charge is 2.23. The summed E-state index contributed by atoms with van der Waals surface area (Å²) in [6, 6.07) is 0. The van der Waals surface area contributed by atoms with E-state index >= 15 is 0 Å². The van der Waals surface area contributed by atoms with Crippen molar-refractivity contribution in [2.45, 2.75) is 110 Å². The third-order valence-electron chi connectivity index (χ3n) is 5.27. The van der Waals surface area contributed by atoms with E-state index in [0.29, 0.717) is 12.3 Å². The fourth-order valence-corrected chi connectivity index (χ4v) is 4.10. The van der Waals surface area contributed by atoms with Crippen LogP contribution in [0.25, 0.3) is 0 Å². The number of hydrogen-bond donors (Lipinski definition) is 0. The van der Waals surface area contributed by atoms with Crippen LogP contribution in [0.2, 0.25) is 0 Å². The molecule has 2 nitrogen and oxygen atoms in total. The van der Waals surface area contributed by atoms with Gasteiger partial charge in [-0.15, -0.1) is 0 Å². The molecule has 0 N–H and O–H groups in total.